The quantitative estimate of drug-likeness (QED) is 0.297. The molecule has 4 aromatic carbocycles. The van der Waals surface area contributed by atoms with Gasteiger partial charge in [-0.25, -0.2) is 0 Å². The number of rotatable bonds is 3. The van der Waals surface area contributed by atoms with E-state index in [9.17, 15) is 14.4 Å². The summed E-state index contributed by atoms with van der Waals surface area (Å²) in [6.45, 7) is 2.50. The van der Waals surface area contributed by atoms with E-state index < -0.39 is 12.1 Å². The number of carbonyl (C=O) groups excluding carboxylic acids is 3. The summed E-state index contributed by atoms with van der Waals surface area (Å²) in [6, 6.07) is 25.0. The molecule has 4 heterocycles. The van der Waals surface area contributed by atoms with Crippen LogP contribution in [0.1, 0.15) is 31.8 Å². The van der Waals surface area contributed by atoms with E-state index in [0.29, 0.717) is 28.4 Å². The third-order valence-electron chi connectivity index (χ3n) is 8.69. The molecular formula is C37H34N6O6. The van der Waals surface area contributed by atoms with Crippen LogP contribution in [0.5, 0.6) is 17.2 Å². The van der Waals surface area contributed by atoms with E-state index in [2.05, 4.69) is 20.8 Å². The summed E-state index contributed by atoms with van der Waals surface area (Å²) >= 11 is 0. The highest BCUT2D eigenvalue weighted by Gasteiger charge is 2.39. The van der Waals surface area contributed by atoms with Gasteiger partial charge in [0.2, 0.25) is 0 Å². The predicted molar refractivity (Wildman–Crippen MR) is 180 cm³/mol. The fraction of sp³-hybridized carbons (Fsp3) is 0.216. The number of carbonyl (C=O) groups is 3. The molecule has 6 bridgehead atoms. The van der Waals surface area contributed by atoms with Gasteiger partial charge in [0, 0.05) is 29.9 Å². The lowest BCUT2D eigenvalue weighted by atomic mass is 9.97. The second kappa shape index (κ2) is 13.5. The summed E-state index contributed by atoms with van der Waals surface area (Å²) in [5, 5.41) is 13.8. The number of likely N-dealkylation sites (tertiary alicyclic amines) is 1. The van der Waals surface area contributed by atoms with E-state index in [0.717, 1.165) is 27.9 Å². The van der Waals surface area contributed by atoms with Gasteiger partial charge in [-0.15, -0.1) is 10.2 Å². The number of aryl methyl sites for hydroxylation is 1. The van der Waals surface area contributed by atoms with Gasteiger partial charge in [0.05, 0.1) is 19.7 Å². The van der Waals surface area contributed by atoms with Crippen molar-refractivity contribution in [3.8, 4) is 34.1 Å². The molecule has 0 radical (unpaired) electrons. The molecule has 1 aromatic heterocycles. The Labute approximate surface area is 282 Å². The van der Waals surface area contributed by atoms with Crippen molar-refractivity contribution in [2.75, 3.05) is 26.8 Å². The van der Waals surface area contributed by atoms with Crippen LogP contribution in [0.25, 0.3) is 16.8 Å². The maximum Gasteiger partial charge on any atom is 0.258 e. The topological polar surface area (TPSA) is 137 Å². The summed E-state index contributed by atoms with van der Waals surface area (Å²) in [5.41, 5.74) is 5.14. The van der Waals surface area contributed by atoms with Crippen LogP contribution in [0, 0.1) is 6.92 Å². The zero-order valence-electron chi connectivity index (χ0n) is 27.0. The minimum Gasteiger partial charge on any atom is -0.493 e. The minimum absolute atomic E-state index is 0.160. The van der Waals surface area contributed by atoms with Crippen molar-refractivity contribution in [1.29, 1.82) is 0 Å². The van der Waals surface area contributed by atoms with E-state index in [1.165, 1.54) is 7.11 Å². The zero-order valence-corrected chi connectivity index (χ0v) is 27.0. The molecule has 12 nitrogen and oxygen atoms in total. The molecule has 12 heteroatoms. The van der Waals surface area contributed by atoms with Crippen molar-refractivity contribution in [2.45, 2.75) is 25.6 Å². The van der Waals surface area contributed by atoms with Gasteiger partial charge < -0.3 is 29.7 Å². The van der Waals surface area contributed by atoms with Crippen molar-refractivity contribution in [2.24, 2.45) is 0 Å². The second-order valence-corrected chi connectivity index (χ2v) is 12.0. The Balaban J connectivity index is 1.23. The number of nitrogens with zero attached hydrogens (tertiary/aromatic N) is 4. The molecule has 3 aliphatic rings. The molecule has 49 heavy (non-hydrogen) atoms. The second-order valence-electron chi connectivity index (χ2n) is 12.0. The molecule has 3 amide bonds. The Morgan fingerprint density at radius 2 is 1.76 bits per heavy atom. The van der Waals surface area contributed by atoms with Gasteiger partial charge in [-0.05, 0) is 83.8 Å². The number of nitrogens with one attached hydrogen (secondary N) is 2. The highest BCUT2D eigenvalue weighted by atomic mass is 16.5. The smallest absolute Gasteiger partial charge is 0.258 e. The molecule has 2 atom stereocenters. The fourth-order valence-corrected chi connectivity index (χ4v) is 6.08. The Hall–Kier alpha value is -6.17. The highest BCUT2D eigenvalue weighted by molar-refractivity contribution is 5.97. The van der Waals surface area contributed by atoms with Crippen molar-refractivity contribution < 1.29 is 28.6 Å². The molecule has 3 aliphatic heterocycles. The van der Waals surface area contributed by atoms with E-state index in [4.69, 9.17) is 14.2 Å². The number of hydrogen-bond acceptors (Lipinski definition) is 8. The first-order valence-electron chi connectivity index (χ1n) is 15.8. The number of fused-ring (bicyclic) bond motifs is 7. The van der Waals surface area contributed by atoms with Crippen LogP contribution in [-0.4, -0.2) is 76.3 Å². The van der Waals surface area contributed by atoms with Crippen molar-refractivity contribution >= 4 is 17.7 Å². The first-order chi connectivity index (χ1) is 23.8. The van der Waals surface area contributed by atoms with Crippen LogP contribution >= 0.6 is 0 Å². The van der Waals surface area contributed by atoms with E-state index >= 15 is 0 Å². The molecule has 0 saturated carbocycles. The summed E-state index contributed by atoms with van der Waals surface area (Å²) in [5.74, 6) is 0.645. The number of hydrogen-bond donors (Lipinski definition) is 2. The zero-order chi connectivity index (χ0) is 33.9. The first kappa shape index (κ1) is 31.4. The molecule has 0 spiro atoms. The van der Waals surface area contributed by atoms with Crippen LogP contribution in [0.4, 0.5) is 0 Å². The van der Waals surface area contributed by atoms with Gasteiger partial charge in [-0.2, -0.15) is 0 Å². The standard InChI is InChI=1S/C37H34N6O6/c1-23-9-11-26-16-30(23)25-5-4-8-29(15-25)48-20-35(44)38-17-24-10-12-32(33(13-24)47-2)49-34-19-42(18-31(34)41-36(26)45)37(46)27-6-3-7-28(14-27)43-21-39-40-22-43/h3-16,21-22,31,34H,17-20H2,1-2H3,(H,38,44)(H,41,45)/t31-,34-/m0/s1. The van der Waals surface area contributed by atoms with Gasteiger partial charge in [0.1, 0.15) is 24.5 Å². The van der Waals surface area contributed by atoms with Gasteiger partial charge in [0.15, 0.2) is 18.1 Å². The van der Waals surface area contributed by atoms with Crippen molar-refractivity contribution in [3.63, 3.8) is 0 Å². The van der Waals surface area contributed by atoms with Crippen LogP contribution in [0.2, 0.25) is 0 Å². The molecule has 2 N–H and O–H groups in total. The van der Waals surface area contributed by atoms with Crippen LogP contribution < -0.4 is 24.8 Å². The minimum atomic E-state index is -0.599. The molecule has 248 valence electrons. The van der Waals surface area contributed by atoms with E-state index in [-0.39, 0.29) is 44.0 Å². The first-order valence-corrected chi connectivity index (χ1v) is 15.8. The fourth-order valence-electron chi connectivity index (χ4n) is 6.08. The van der Waals surface area contributed by atoms with Gasteiger partial charge in [0.25, 0.3) is 17.7 Å². The largest absolute Gasteiger partial charge is 0.493 e. The lowest BCUT2D eigenvalue weighted by molar-refractivity contribution is -0.123. The Kier molecular flexibility index (Phi) is 8.67. The molecule has 1 fully saturated rings. The average Bonchev–Trinajstić information content (AvgIpc) is 3.81. The summed E-state index contributed by atoms with van der Waals surface area (Å²) in [4.78, 5) is 42.1. The summed E-state index contributed by atoms with van der Waals surface area (Å²) in [6.07, 6.45) is 2.53. The molecule has 8 rings (SSSR count). The molecule has 5 aromatic rings. The number of amides is 3. The Morgan fingerprint density at radius 3 is 2.59 bits per heavy atom. The van der Waals surface area contributed by atoms with Crippen molar-refractivity contribution in [1.82, 2.24) is 30.3 Å². The molecule has 0 unspecified atom stereocenters. The highest BCUT2D eigenvalue weighted by Crippen LogP contribution is 2.32. The maximum absolute atomic E-state index is 13.9. The third kappa shape index (κ3) is 6.79. The Bertz CT molecular complexity index is 2030. The number of methoxy groups -OCH3 is 1. The third-order valence-corrected chi connectivity index (χ3v) is 8.69. The van der Waals surface area contributed by atoms with Crippen LogP contribution in [-0.2, 0) is 11.3 Å². The lowest BCUT2D eigenvalue weighted by Gasteiger charge is -2.23. The SMILES string of the molecule is COc1cc2ccc1O[C@H]1CN(C(=O)c3cccc(-n4cnnc4)c3)C[C@@H]1NC(=O)c1ccc(C)c(c1)-c1cccc(c1)OCC(=O)NC2. The molecule has 1 saturated heterocycles. The van der Waals surface area contributed by atoms with Crippen LogP contribution in [0.3, 0.4) is 0 Å². The molecular weight excluding hydrogens is 624 g/mol. The summed E-state index contributed by atoms with van der Waals surface area (Å²) in [7, 11) is 1.53. The van der Waals surface area contributed by atoms with Crippen molar-refractivity contribution in [3.05, 3.63) is 120 Å². The monoisotopic (exact) mass is 658 g/mol. The van der Waals surface area contributed by atoms with Gasteiger partial charge >= 0.3 is 0 Å². The lowest BCUT2D eigenvalue weighted by Crippen LogP contribution is -2.45. The van der Waals surface area contributed by atoms with E-state index in [1.807, 2.05) is 49.4 Å². The Morgan fingerprint density at radius 1 is 0.918 bits per heavy atom. The number of ether oxygens (including phenoxy) is 3. The normalized spacial score (nSPS) is 17.6. The predicted octanol–water partition coefficient (Wildman–Crippen LogP) is 3.96. The maximum atomic E-state index is 13.9. The van der Waals surface area contributed by atoms with Gasteiger partial charge in [-0.3, -0.25) is 19.0 Å². The average molecular weight is 659 g/mol. The van der Waals surface area contributed by atoms with Crippen LogP contribution in [0.15, 0.2) is 97.6 Å². The van der Waals surface area contributed by atoms with Gasteiger partial charge in [-0.1, -0.05) is 30.3 Å². The number of aromatic nitrogens is 3. The number of benzene rings is 4. The summed E-state index contributed by atoms with van der Waals surface area (Å²) < 4.78 is 19.7. The molecule has 0 aliphatic carbocycles. The van der Waals surface area contributed by atoms with E-state index in [1.54, 1.807) is 64.6 Å².